The van der Waals surface area contributed by atoms with E-state index in [1.807, 2.05) is 6.92 Å². The van der Waals surface area contributed by atoms with E-state index in [0.29, 0.717) is 29.8 Å². The van der Waals surface area contributed by atoms with Crippen LogP contribution in [0.15, 0.2) is 54.1 Å². The van der Waals surface area contributed by atoms with Crippen molar-refractivity contribution in [3.8, 4) is 5.75 Å². The first-order valence-electron chi connectivity index (χ1n) is 9.16. The van der Waals surface area contributed by atoms with Gasteiger partial charge in [-0.2, -0.15) is 0 Å². The summed E-state index contributed by atoms with van der Waals surface area (Å²) in [6.45, 7) is 2.36. The number of nitrogens with zero attached hydrogens (tertiary/aromatic N) is 1. The van der Waals surface area contributed by atoms with Gasteiger partial charge < -0.3 is 14.7 Å². The molecule has 1 atom stereocenters. The molecule has 1 aliphatic heterocycles. The first-order valence-corrected chi connectivity index (χ1v) is 9.16. The second-order valence-corrected chi connectivity index (χ2v) is 6.63. The lowest BCUT2D eigenvalue weighted by atomic mass is 9.95. The Morgan fingerprint density at radius 3 is 2.54 bits per heavy atom. The third-order valence-corrected chi connectivity index (χ3v) is 4.82. The lowest BCUT2D eigenvalue weighted by Crippen LogP contribution is -2.30. The molecule has 1 heterocycles. The van der Waals surface area contributed by atoms with Gasteiger partial charge in [0, 0.05) is 12.1 Å². The van der Waals surface area contributed by atoms with Crippen molar-refractivity contribution < 1.29 is 23.8 Å². The molecule has 1 unspecified atom stereocenters. The zero-order valence-corrected chi connectivity index (χ0v) is 15.8. The van der Waals surface area contributed by atoms with Crippen molar-refractivity contribution in [2.45, 2.75) is 25.8 Å². The quantitative estimate of drug-likeness (QED) is 0.464. The van der Waals surface area contributed by atoms with Crippen molar-refractivity contribution in [3.05, 3.63) is 71.0 Å². The Hall–Kier alpha value is -3.15. The highest BCUT2D eigenvalue weighted by Crippen LogP contribution is 2.39. The molecule has 0 aromatic heterocycles. The maximum absolute atomic E-state index is 13.4. The molecule has 1 saturated heterocycles. The van der Waals surface area contributed by atoms with Gasteiger partial charge in [-0.1, -0.05) is 37.6 Å². The number of aliphatic hydroxyl groups excluding tert-OH is 1. The SMILES string of the molecule is CCCCN1C(=O)C(=O)/C(=C(\O)c2cccc(OC)c2)C1c1ccc(F)cc1. The maximum Gasteiger partial charge on any atom is 0.295 e. The van der Waals surface area contributed by atoms with E-state index in [-0.39, 0.29) is 11.3 Å². The number of likely N-dealkylation sites (tertiary alicyclic amines) is 1. The third kappa shape index (κ3) is 3.63. The highest BCUT2D eigenvalue weighted by Gasteiger charge is 2.45. The monoisotopic (exact) mass is 383 g/mol. The van der Waals surface area contributed by atoms with E-state index in [1.165, 1.54) is 36.3 Å². The van der Waals surface area contributed by atoms with Gasteiger partial charge in [0.1, 0.15) is 17.3 Å². The van der Waals surface area contributed by atoms with Crippen LogP contribution in [-0.2, 0) is 9.59 Å². The molecule has 1 fully saturated rings. The summed E-state index contributed by atoms with van der Waals surface area (Å²) in [4.78, 5) is 26.9. The van der Waals surface area contributed by atoms with Gasteiger partial charge in [0.05, 0.1) is 18.7 Å². The number of rotatable bonds is 6. The summed E-state index contributed by atoms with van der Waals surface area (Å²) in [5.74, 6) is -1.58. The van der Waals surface area contributed by atoms with Gasteiger partial charge in [-0.15, -0.1) is 0 Å². The van der Waals surface area contributed by atoms with Gasteiger partial charge in [0.25, 0.3) is 11.7 Å². The molecular weight excluding hydrogens is 361 g/mol. The Bertz CT molecular complexity index is 920. The minimum absolute atomic E-state index is 0.000893. The predicted molar refractivity (Wildman–Crippen MR) is 103 cm³/mol. The van der Waals surface area contributed by atoms with Gasteiger partial charge in [-0.25, -0.2) is 4.39 Å². The number of carbonyl (C=O) groups excluding carboxylic acids is 2. The fourth-order valence-electron chi connectivity index (χ4n) is 3.36. The van der Waals surface area contributed by atoms with Crippen molar-refractivity contribution in [3.63, 3.8) is 0 Å². The number of unbranched alkanes of at least 4 members (excludes halogenated alkanes) is 1. The Kier molecular flexibility index (Phi) is 5.78. The number of methoxy groups -OCH3 is 1. The number of amides is 1. The van der Waals surface area contributed by atoms with Crippen LogP contribution in [0.2, 0.25) is 0 Å². The molecule has 0 radical (unpaired) electrons. The molecule has 2 aromatic rings. The number of Topliss-reactive ketones (excluding diaryl/α,β-unsaturated/α-hetero) is 1. The van der Waals surface area contributed by atoms with E-state index < -0.39 is 23.5 Å². The minimum Gasteiger partial charge on any atom is -0.507 e. The van der Waals surface area contributed by atoms with Crippen LogP contribution in [0.1, 0.15) is 36.9 Å². The smallest absolute Gasteiger partial charge is 0.295 e. The summed E-state index contributed by atoms with van der Waals surface area (Å²) >= 11 is 0. The Labute approximate surface area is 163 Å². The second-order valence-electron chi connectivity index (χ2n) is 6.63. The predicted octanol–water partition coefficient (Wildman–Crippen LogP) is 4.06. The summed E-state index contributed by atoms with van der Waals surface area (Å²) in [7, 11) is 1.50. The number of hydrogen-bond donors (Lipinski definition) is 1. The molecule has 0 saturated carbocycles. The summed E-state index contributed by atoms with van der Waals surface area (Å²) in [5, 5.41) is 10.9. The van der Waals surface area contributed by atoms with E-state index in [4.69, 9.17) is 4.74 Å². The van der Waals surface area contributed by atoms with Crippen LogP contribution in [0, 0.1) is 5.82 Å². The van der Waals surface area contributed by atoms with Crippen molar-refractivity contribution in [2.24, 2.45) is 0 Å². The lowest BCUT2D eigenvalue weighted by Gasteiger charge is -2.25. The summed E-state index contributed by atoms with van der Waals surface area (Å²) in [6, 6.07) is 11.5. The van der Waals surface area contributed by atoms with Gasteiger partial charge in [0.2, 0.25) is 0 Å². The molecule has 6 heteroatoms. The molecule has 1 aliphatic rings. The largest absolute Gasteiger partial charge is 0.507 e. The zero-order chi connectivity index (χ0) is 20.3. The molecule has 3 rings (SSSR count). The fraction of sp³-hybridized carbons (Fsp3) is 0.273. The van der Waals surface area contributed by atoms with Crippen molar-refractivity contribution in [1.29, 1.82) is 0 Å². The van der Waals surface area contributed by atoms with Crippen LogP contribution >= 0.6 is 0 Å². The van der Waals surface area contributed by atoms with Crippen LogP contribution < -0.4 is 4.74 Å². The van der Waals surface area contributed by atoms with Crippen LogP contribution in [-0.4, -0.2) is 35.4 Å². The molecule has 28 heavy (non-hydrogen) atoms. The average Bonchev–Trinajstić information content (AvgIpc) is 2.97. The number of halogens is 1. The Morgan fingerprint density at radius 1 is 1.18 bits per heavy atom. The van der Waals surface area contributed by atoms with Crippen LogP contribution in [0.5, 0.6) is 5.75 Å². The van der Waals surface area contributed by atoms with Crippen LogP contribution in [0.3, 0.4) is 0 Å². The number of aliphatic hydroxyl groups is 1. The number of carbonyl (C=O) groups is 2. The van der Waals surface area contributed by atoms with Crippen LogP contribution in [0.4, 0.5) is 4.39 Å². The maximum atomic E-state index is 13.4. The molecular formula is C22H22FNO4. The number of benzene rings is 2. The average molecular weight is 383 g/mol. The number of ketones is 1. The lowest BCUT2D eigenvalue weighted by molar-refractivity contribution is -0.139. The molecule has 1 N–H and O–H groups in total. The topological polar surface area (TPSA) is 66.8 Å². The number of hydrogen-bond acceptors (Lipinski definition) is 4. The third-order valence-electron chi connectivity index (χ3n) is 4.82. The highest BCUT2D eigenvalue weighted by molar-refractivity contribution is 6.46. The molecule has 0 bridgehead atoms. The van der Waals surface area contributed by atoms with Crippen molar-refractivity contribution in [2.75, 3.05) is 13.7 Å². The molecule has 0 spiro atoms. The fourth-order valence-corrected chi connectivity index (χ4v) is 3.36. The summed E-state index contributed by atoms with van der Waals surface area (Å²) in [5.41, 5.74) is 0.946. The standard InChI is InChI=1S/C22H22FNO4/c1-3-4-12-24-19(14-8-10-16(23)11-9-14)18(21(26)22(24)27)20(25)15-6-5-7-17(13-15)28-2/h5-11,13,19,25H,3-4,12H2,1-2H3/b20-18-. The second kappa shape index (κ2) is 8.25. The first kappa shape index (κ1) is 19.6. The number of ether oxygens (including phenoxy) is 1. The van der Waals surface area contributed by atoms with Crippen molar-refractivity contribution in [1.82, 2.24) is 4.90 Å². The van der Waals surface area contributed by atoms with Gasteiger partial charge in [-0.3, -0.25) is 9.59 Å². The van der Waals surface area contributed by atoms with Crippen molar-refractivity contribution >= 4 is 17.4 Å². The normalized spacial score (nSPS) is 18.5. The highest BCUT2D eigenvalue weighted by atomic mass is 19.1. The molecule has 2 aromatic carbocycles. The van der Waals surface area contributed by atoms with E-state index >= 15 is 0 Å². The van der Waals surface area contributed by atoms with E-state index in [1.54, 1.807) is 24.3 Å². The Balaban J connectivity index is 2.15. The summed E-state index contributed by atoms with van der Waals surface area (Å²) in [6.07, 6.45) is 1.55. The summed E-state index contributed by atoms with van der Waals surface area (Å²) < 4.78 is 18.6. The van der Waals surface area contributed by atoms with E-state index in [2.05, 4.69) is 0 Å². The van der Waals surface area contributed by atoms with Gasteiger partial charge in [-0.05, 0) is 36.2 Å². The van der Waals surface area contributed by atoms with E-state index in [0.717, 1.165) is 6.42 Å². The van der Waals surface area contributed by atoms with Crippen LogP contribution in [0.25, 0.3) is 5.76 Å². The molecule has 0 aliphatic carbocycles. The van der Waals surface area contributed by atoms with Gasteiger partial charge in [0.15, 0.2) is 0 Å². The Morgan fingerprint density at radius 2 is 1.89 bits per heavy atom. The first-order chi connectivity index (χ1) is 13.5. The molecule has 1 amide bonds. The van der Waals surface area contributed by atoms with Gasteiger partial charge >= 0.3 is 0 Å². The minimum atomic E-state index is -0.765. The molecule has 5 nitrogen and oxygen atoms in total. The molecule has 146 valence electrons. The van der Waals surface area contributed by atoms with E-state index in [9.17, 15) is 19.1 Å². The zero-order valence-electron chi connectivity index (χ0n) is 15.8.